The van der Waals surface area contributed by atoms with Crippen molar-refractivity contribution in [2.75, 3.05) is 12.3 Å². The van der Waals surface area contributed by atoms with Gasteiger partial charge in [-0.15, -0.1) is 0 Å². The van der Waals surface area contributed by atoms with Crippen LogP contribution in [0.3, 0.4) is 0 Å². The number of rotatable bonds is 5. The van der Waals surface area contributed by atoms with E-state index in [1.54, 1.807) is 18.5 Å². The first-order valence-corrected chi connectivity index (χ1v) is 6.71. The number of benzene rings is 1. The van der Waals surface area contributed by atoms with Crippen LogP contribution in [0.4, 0.5) is 5.69 Å². The molecule has 0 saturated carbocycles. The number of nitrogens with one attached hydrogen (secondary N) is 2. The summed E-state index contributed by atoms with van der Waals surface area (Å²) in [6.07, 6.45) is 5.20. The van der Waals surface area contributed by atoms with E-state index in [0.717, 1.165) is 29.8 Å². The van der Waals surface area contributed by atoms with E-state index in [0.29, 0.717) is 17.8 Å². The molecular weight excluding hydrogens is 252 g/mol. The maximum absolute atomic E-state index is 12.1. The van der Waals surface area contributed by atoms with Gasteiger partial charge >= 0.3 is 0 Å². The molecule has 2 rings (SSSR count). The summed E-state index contributed by atoms with van der Waals surface area (Å²) in [7, 11) is 0. The van der Waals surface area contributed by atoms with Crippen LogP contribution >= 0.6 is 0 Å². The molecule has 0 unspecified atom stereocenters. The van der Waals surface area contributed by atoms with Gasteiger partial charge in [0.25, 0.3) is 5.91 Å². The number of aryl methyl sites for hydroxylation is 3. The Hall–Kier alpha value is -2.30. The highest BCUT2D eigenvalue weighted by Crippen LogP contribution is 2.17. The number of nitrogen functional groups attached to an aromatic ring is 1. The van der Waals surface area contributed by atoms with Crippen molar-refractivity contribution in [3.63, 3.8) is 0 Å². The molecule has 0 bridgehead atoms. The molecule has 5 heteroatoms. The van der Waals surface area contributed by atoms with E-state index in [1.807, 2.05) is 19.9 Å². The molecule has 0 atom stereocenters. The van der Waals surface area contributed by atoms with Gasteiger partial charge in [-0.05, 0) is 37.5 Å². The molecule has 20 heavy (non-hydrogen) atoms. The molecule has 1 aromatic heterocycles. The molecule has 2 aromatic rings. The molecule has 0 aliphatic rings. The van der Waals surface area contributed by atoms with Crippen molar-refractivity contribution in [3.8, 4) is 0 Å². The number of aromatic amines is 1. The molecule has 0 fully saturated rings. The summed E-state index contributed by atoms with van der Waals surface area (Å²) in [5.74, 6) is 0.864. The number of aromatic nitrogens is 2. The zero-order valence-corrected chi connectivity index (χ0v) is 11.9. The van der Waals surface area contributed by atoms with Crippen molar-refractivity contribution < 1.29 is 4.79 Å². The Morgan fingerprint density at radius 1 is 1.35 bits per heavy atom. The van der Waals surface area contributed by atoms with Crippen LogP contribution in [0.1, 0.15) is 33.7 Å². The van der Waals surface area contributed by atoms with Crippen molar-refractivity contribution in [3.05, 3.63) is 47.0 Å². The number of anilines is 1. The molecule has 0 radical (unpaired) electrons. The second kappa shape index (κ2) is 6.23. The first-order chi connectivity index (χ1) is 9.58. The van der Waals surface area contributed by atoms with Crippen LogP contribution in [0.15, 0.2) is 24.5 Å². The molecule has 1 amide bonds. The third-order valence-electron chi connectivity index (χ3n) is 3.29. The Balaban J connectivity index is 1.87. The Morgan fingerprint density at radius 3 is 2.85 bits per heavy atom. The molecule has 0 aliphatic carbocycles. The fourth-order valence-electron chi connectivity index (χ4n) is 2.10. The highest BCUT2D eigenvalue weighted by atomic mass is 16.1. The van der Waals surface area contributed by atoms with E-state index >= 15 is 0 Å². The predicted octanol–water partition coefficient (Wildman–Crippen LogP) is 1.97. The average Bonchev–Trinajstić information content (AvgIpc) is 2.92. The highest BCUT2D eigenvalue weighted by molar-refractivity contribution is 5.96. The standard InChI is InChI=1S/C15H20N4O/c1-10-8-11(2)13(16)9-12(10)15(20)19-5-3-4-14-17-6-7-18-14/h6-9H,3-5,16H2,1-2H3,(H,17,18)(H,19,20). The number of nitrogens with two attached hydrogens (primary N) is 1. The normalized spacial score (nSPS) is 10.5. The summed E-state index contributed by atoms with van der Waals surface area (Å²) in [6.45, 7) is 4.48. The number of nitrogens with zero attached hydrogens (tertiary/aromatic N) is 1. The van der Waals surface area contributed by atoms with Gasteiger partial charge in [-0.2, -0.15) is 0 Å². The SMILES string of the molecule is Cc1cc(C)c(C(=O)NCCCc2ncc[nH]2)cc1N. The molecule has 1 aromatic carbocycles. The minimum Gasteiger partial charge on any atom is -0.398 e. The maximum Gasteiger partial charge on any atom is 0.251 e. The van der Waals surface area contributed by atoms with Crippen molar-refractivity contribution in [2.45, 2.75) is 26.7 Å². The van der Waals surface area contributed by atoms with E-state index < -0.39 is 0 Å². The van der Waals surface area contributed by atoms with Crippen molar-refractivity contribution in [1.29, 1.82) is 0 Å². The summed E-state index contributed by atoms with van der Waals surface area (Å²) in [5, 5.41) is 2.91. The van der Waals surface area contributed by atoms with Gasteiger partial charge in [-0.3, -0.25) is 4.79 Å². The predicted molar refractivity (Wildman–Crippen MR) is 79.6 cm³/mol. The number of imidazole rings is 1. The van der Waals surface area contributed by atoms with Crippen LogP contribution < -0.4 is 11.1 Å². The lowest BCUT2D eigenvalue weighted by molar-refractivity contribution is 0.0952. The smallest absolute Gasteiger partial charge is 0.251 e. The largest absolute Gasteiger partial charge is 0.398 e. The summed E-state index contributed by atoms with van der Waals surface area (Å²) in [5.41, 5.74) is 9.09. The molecule has 4 N–H and O–H groups in total. The monoisotopic (exact) mass is 272 g/mol. The van der Waals surface area contributed by atoms with E-state index in [4.69, 9.17) is 5.73 Å². The molecule has 5 nitrogen and oxygen atoms in total. The maximum atomic E-state index is 12.1. The number of amides is 1. The van der Waals surface area contributed by atoms with Crippen molar-refractivity contribution in [2.24, 2.45) is 0 Å². The van der Waals surface area contributed by atoms with Crippen LogP contribution in [0, 0.1) is 13.8 Å². The lowest BCUT2D eigenvalue weighted by Gasteiger charge is -2.10. The lowest BCUT2D eigenvalue weighted by Crippen LogP contribution is -2.25. The van der Waals surface area contributed by atoms with Crippen LogP contribution in [0.5, 0.6) is 0 Å². The Bertz CT molecular complexity index is 590. The highest BCUT2D eigenvalue weighted by Gasteiger charge is 2.10. The Morgan fingerprint density at radius 2 is 2.15 bits per heavy atom. The van der Waals surface area contributed by atoms with E-state index in [1.165, 1.54) is 0 Å². The van der Waals surface area contributed by atoms with Crippen LogP contribution in [-0.2, 0) is 6.42 Å². The molecule has 0 aliphatic heterocycles. The van der Waals surface area contributed by atoms with E-state index in [2.05, 4.69) is 15.3 Å². The minimum absolute atomic E-state index is 0.0753. The molecule has 106 valence electrons. The summed E-state index contributed by atoms with van der Waals surface area (Å²) >= 11 is 0. The Labute approximate surface area is 118 Å². The molecule has 0 saturated heterocycles. The van der Waals surface area contributed by atoms with Gasteiger partial charge in [0.15, 0.2) is 0 Å². The van der Waals surface area contributed by atoms with E-state index in [-0.39, 0.29) is 5.91 Å². The zero-order valence-electron chi connectivity index (χ0n) is 11.9. The number of hydrogen-bond acceptors (Lipinski definition) is 3. The van der Waals surface area contributed by atoms with Crippen LogP contribution in [-0.4, -0.2) is 22.4 Å². The van der Waals surface area contributed by atoms with Gasteiger partial charge in [0.1, 0.15) is 5.82 Å². The Kier molecular flexibility index (Phi) is 4.40. The summed E-state index contributed by atoms with van der Waals surface area (Å²) in [4.78, 5) is 19.3. The number of H-pyrrole nitrogens is 1. The van der Waals surface area contributed by atoms with Gasteiger partial charge < -0.3 is 16.0 Å². The van der Waals surface area contributed by atoms with Crippen molar-refractivity contribution in [1.82, 2.24) is 15.3 Å². The van der Waals surface area contributed by atoms with Gasteiger partial charge in [0, 0.05) is 36.6 Å². The van der Waals surface area contributed by atoms with Gasteiger partial charge in [-0.1, -0.05) is 6.07 Å². The summed E-state index contributed by atoms with van der Waals surface area (Å²) in [6, 6.07) is 3.68. The number of carbonyl (C=O) groups excluding carboxylic acids is 1. The fourth-order valence-corrected chi connectivity index (χ4v) is 2.10. The topological polar surface area (TPSA) is 83.8 Å². The van der Waals surface area contributed by atoms with Gasteiger partial charge in [0.05, 0.1) is 0 Å². The van der Waals surface area contributed by atoms with Gasteiger partial charge in [0.2, 0.25) is 0 Å². The second-order valence-corrected chi connectivity index (χ2v) is 4.92. The lowest BCUT2D eigenvalue weighted by atomic mass is 10.0. The average molecular weight is 272 g/mol. The van der Waals surface area contributed by atoms with Gasteiger partial charge in [-0.25, -0.2) is 4.98 Å². The number of hydrogen-bond donors (Lipinski definition) is 3. The number of carbonyl (C=O) groups is 1. The minimum atomic E-state index is -0.0753. The molecule has 0 spiro atoms. The van der Waals surface area contributed by atoms with Crippen LogP contribution in [0.2, 0.25) is 0 Å². The first kappa shape index (κ1) is 14.1. The second-order valence-electron chi connectivity index (χ2n) is 4.92. The quantitative estimate of drug-likeness (QED) is 0.574. The summed E-state index contributed by atoms with van der Waals surface area (Å²) < 4.78 is 0. The van der Waals surface area contributed by atoms with Crippen molar-refractivity contribution >= 4 is 11.6 Å². The fraction of sp³-hybridized carbons (Fsp3) is 0.333. The van der Waals surface area contributed by atoms with E-state index in [9.17, 15) is 4.79 Å². The zero-order chi connectivity index (χ0) is 14.5. The third kappa shape index (κ3) is 3.38. The van der Waals surface area contributed by atoms with Crippen LogP contribution in [0.25, 0.3) is 0 Å². The molecular formula is C15H20N4O. The third-order valence-corrected chi connectivity index (χ3v) is 3.29. The first-order valence-electron chi connectivity index (χ1n) is 6.71. The molecule has 1 heterocycles.